The van der Waals surface area contributed by atoms with Gasteiger partial charge in [0.2, 0.25) is 0 Å². The Hall–Kier alpha value is -2.40. The Morgan fingerprint density at radius 1 is 1.30 bits per heavy atom. The average molecular weight is 271 g/mol. The first-order valence-electron chi connectivity index (χ1n) is 6.42. The number of amides is 1. The van der Waals surface area contributed by atoms with Gasteiger partial charge >= 0.3 is 0 Å². The predicted octanol–water partition coefficient (Wildman–Crippen LogP) is 2.19. The molecule has 1 heterocycles. The summed E-state index contributed by atoms with van der Waals surface area (Å²) in [7, 11) is 0. The molecule has 0 aliphatic heterocycles. The molecule has 0 radical (unpaired) electrons. The van der Waals surface area contributed by atoms with Gasteiger partial charge in [0.15, 0.2) is 0 Å². The van der Waals surface area contributed by atoms with Gasteiger partial charge in [-0.25, -0.2) is 0 Å². The number of hydrogen-bond acceptors (Lipinski definition) is 4. The normalized spacial score (nSPS) is 10.1. The maximum absolute atomic E-state index is 12.1. The van der Waals surface area contributed by atoms with Gasteiger partial charge in [-0.05, 0) is 43.3 Å². The van der Waals surface area contributed by atoms with E-state index in [1.807, 2.05) is 19.1 Å². The average Bonchev–Trinajstić information content (AvgIpc) is 2.49. The quantitative estimate of drug-likeness (QED) is 0.874. The molecule has 104 valence electrons. The van der Waals surface area contributed by atoms with Crippen LogP contribution in [0.3, 0.4) is 0 Å². The second-order valence-corrected chi connectivity index (χ2v) is 4.15. The summed E-state index contributed by atoms with van der Waals surface area (Å²) >= 11 is 0. The molecule has 1 aromatic carbocycles. The van der Waals surface area contributed by atoms with E-state index in [4.69, 9.17) is 10.5 Å². The van der Waals surface area contributed by atoms with Crippen LogP contribution in [-0.4, -0.2) is 17.5 Å². The van der Waals surface area contributed by atoms with Crippen LogP contribution in [0.25, 0.3) is 0 Å². The van der Waals surface area contributed by atoms with Gasteiger partial charge in [0.1, 0.15) is 5.75 Å². The summed E-state index contributed by atoms with van der Waals surface area (Å²) in [5.74, 6) is 0.589. The zero-order valence-corrected chi connectivity index (χ0v) is 11.3. The van der Waals surface area contributed by atoms with E-state index in [2.05, 4.69) is 10.3 Å². The number of ether oxygens (including phenoxy) is 1. The maximum atomic E-state index is 12.1. The van der Waals surface area contributed by atoms with E-state index < -0.39 is 0 Å². The van der Waals surface area contributed by atoms with Crippen molar-refractivity contribution in [3.05, 3.63) is 53.9 Å². The largest absolute Gasteiger partial charge is 0.494 e. The third-order valence-electron chi connectivity index (χ3n) is 2.71. The molecule has 0 aliphatic carbocycles. The van der Waals surface area contributed by atoms with E-state index in [1.54, 1.807) is 30.5 Å². The highest BCUT2D eigenvalue weighted by Crippen LogP contribution is 2.16. The molecule has 0 spiro atoms. The molecule has 0 saturated carbocycles. The van der Waals surface area contributed by atoms with Crippen LogP contribution >= 0.6 is 0 Å². The molecule has 3 N–H and O–H groups in total. The molecule has 2 rings (SSSR count). The number of carbonyl (C=O) groups is 1. The summed E-state index contributed by atoms with van der Waals surface area (Å²) in [4.78, 5) is 16.1. The monoisotopic (exact) mass is 271 g/mol. The molecule has 1 amide bonds. The highest BCUT2D eigenvalue weighted by molar-refractivity contribution is 6.04. The lowest BCUT2D eigenvalue weighted by Gasteiger charge is -2.07. The lowest BCUT2D eigenvalue weighted by atomic mass is 10.2. The molecule has 0 saturated heterocycles. The number of nitrogens with one attached hydrogen (secondary N) is 1. The highest BCUT2D eigenvalue weighted by Gasteiger charge is 2.07. The fraction of sp³-hybridized carbons (Fsp3) is 0.200. The first-order valence-corrected chi connectivity index (χ1v) is 6.42. The minimum atomic E-state index is -0.189. The van der Waals surface area contributed by atoms with Crippen LogP contribution in [0.5, 0.6) is 5.75 Å². The van der Waals surface area contributed by atoms with E-state index in [0.29, 0.717) is 30.1 Å². The third-order valence-corrected chi connectivity index (χ3v) is 2.71. The molecule has 2 aromatic rings. The van der Waals surface area contributed by atoms with Crippen molar-refractivity contribution in [1.29, 1.82) is 0 Å². The van der Waals surface area contributed by atoms with Crippen LogP contribution in [0.15, 0.2) is 42.6 Å². The molecule has 1 aromatic heterocycles. The van der Waals surface area contributed by atoms with Crippen LogP contribution < -0.4 is 15.8 Å². The van der Waals surface area contributed by atoms with E-state index >= 15 is 0 Å². The Morgan fingerprint density at radius 3 is 2.70 bits per heavy atom. The van der Waals surface area contributed by atoms with Crippen molar-refractivity contribution < 1.29 is 9.53 Å². The van der Waals surface area contributed by atoms with Crippen molar-refractivity contribution in [2.45, 2.75) is 13.5 Å². The molecule has 20 heavy (non-hydrogen) atoms. The zero-order chi connectivity index (χ0) is 14.4. The minimum absolute atomic E-state index is 0.189. The number of carbonyl (C=O) groups excluding carboxylic acids is 1. The van der Waals surface area contributed by atoms with Gasteiger partial charge in [-0.2, -0.15) is 0 Å². The second kappa shape index (κ2) is 6.68. The first-order chi connectivity index (χ1) is 9.72. The summed E-state index contributed by atoms with van der Waals surface area (Å²) < 4.78 is 5.35. The van der Waals surface area contributed by atoms with Crippen LogP contribution in [0, 0.1) is 0 Å². The number of anilines is 1. The van der Waals surface area contributed by atoms with Gasteiger partial charge in [0.25, 0.3) is 5.91 Å². The molecule has 0 bridgehead atoms. The maximum Gasteiger partial charge on any atom is 0.255 e. The van der Waals surface area contributed by atoms with E-state index in [1.165, 1.54) is 0 Å². The summed E-state index contributed by atoms with van der Waals surface area (Å²) in [6.45, 7) is 2.85. The predicted molar refractivity (Wildman–Crippen MR) is 77.7 cm³/mol. The smallest absolute Gasteiger partial charge is 0.255 e. The lowest BCUT2D eigenvalue weighted by Crippen LogP contribution is -2.13. The Morgan fingerprint density at radius 2 is 2.05 bits per heavy atom. The van der Waals surface area contributed by atoms with Crippen molar-refractivity contribution in [1.82, 2.24) is 4.98 Å². The fourth-order valence-electron chi connectivity index (χ4n) is 1.74. The van der Waals surface area contributed by atoms with Gasteiger partial charge in [-0.1, -0.05) is 0 Å². The zero-order valence-electron chi connectivity index (χ0n) is 11.3. The molecular weight excluding hydrogens is 254 g/mol. The molecule has 0 atom stereocenters. The lowest BCUT2D eigenvalue weighted by molar-refractivity contribution is 0.102. The number of hydrogen-bond donors (Lipinski definition) is 2. The van der Waals surface area contributed by atoms with Crippen molar-refractivity contribution in [2.75, 3.05) is 11.9 Å². The molecule has 0 aliphatic rings. The third kappa shape index (κ3) is 3.55. The van der Waals surface area contributed by atoms with Crippen molar-refractivity contribution >= 4 is 11.6 Å². The van der Waals surface area contributed by atoms with Gasteiger partial charge in [0.05, 0.1) is 12.3 Å². The Labute approximate surface area is 117 Å². The molecule has 0 unspecified atom stereocenters. The van der Waals surface area contributed by atoms with Crippen LogP contribution in [-0.2, 0) is 6.54 Å². The first kappa shape index (κ1) is 14.0. The number of nitrogens with two attached hydrogens (primary N) is 1. The number of benzene rings is 1. The number of rotatable bonds is 5. The van der Waals surface area contributed by atoms with E-state index in [-0.39, 0.29) is 5.91 Å². The number of aromatic nitrogens is 1. The molecule has 0 fully saturated rings. The van der Waals surface area contributed by atoms with Crippen molar-refractivity contribution in [2.24, 2.45) is 5.73 Å². The number of nitrogens with zero attached hydrogens (tertiary/aromatic N) is 1. The Balaban J connectivity index is 2.06. The van der Waals surface area contributed by atoms with Gasteiger partial charge in [0, 0.05) is 24.0 Å². The van der Waals surface area contributed by atoms with Gasteiger partial charge in [-0.15, -0.1) is 0 Å². The molecular formula is C15H17N3O2. The van der Waals surface area contributed by atoms with E-state index in [9.17, 15) is 4.79 Å². The van der Waals surface area contributed by atoms with Crippen LogP contribution in [0.2, 0.25) is 0 Å². The minimum Gasteiger partial charge on any atom is -0.494 e. The van der Waals surface area contributed by atoms with Gasteiger partial charge < -0.3 is 15.8 Å². The molecule has 5 heteroatoms. The van der Waals surface area contributed by atoms with E-state index in [0.717, 1.165) is 5.75 Å². The molecule has 5 nitrogen and oxygen atoms in total. The van der Waals surface area contributed by atoms with Crippen LogP contribution in [0.1, 0.15) is 23.0 Å². The van der Waals surface area contributed by atoms with Crippen molar-refractivity contribution in [3.63, 3.8) is 0 Å². The summed E-state index contributed by atoms with van der Waals surface area (Å²) in [5, 5.41) is 2.82. The highest BCUT2D eigenvalue weighted by atomic mass is 16.5. The summed E-state index contributed by atoms with van der Waals surface area (Å²) in [6, 6.07) is 10.6. The van der Waals surface area contributed by atoms with Crippen LogP contribution in [0.4, 0.5) is 5.69 Å². The SMILES string of the molecule is CCOc1ccc(NC(=O)c2ccnc(CN)c2)cc1. The fourth-order valence-corrected chi connectivity index (χ4v) is 1.74. The van der Waals surface area contributed by atoms with Gasteiger partial charge in [-0.3, -0.25) is 9.78 Å². The Kier molecular flexibility index (Phi) is 4.68. The summed E-state index contributed by atoms with van der Waals surface area (Å²) in [5.41, 5.74) is 7.44. The topological polar surface area (TPSA) is 77.2 Å². The standard InChI is InChI=1S/C15H17N3O2/c1-2-20-14-5-3-12(4-6-14)18-15(19)11-7-8-17-13(9-11)10-16/h3-9H,2,10,16H2,1H3,(H,18,19). The summed E-state index contributed by atoms with van der Waals surface area (Å²) in [6.07, 6.45) is 1.58. The Bertz CT molecular complexity index is 582. The second-order valence-electron chi connectivity index (χ2n) is 4.15. The number of pyridine rings is 1. The van der Waals surface area contributed by atoms with Crippen molar-refractivity contribution in [3.8, 4) is 5.75 Å².